The Morgan fingerprint density at radius 3 is 2.36 bits per heavy atom. The van der Waals surface area contributed by atoms with Gasteiger partial charge in [0.15, 0.2) is 0 Å². The Morgan fingerprint density at radius 1 is 1.12 bits per heavy atom. The van der Waals surface area contributed by atoms with Crippen molar-refractivity contribution in [1.29, 1.82) is 0 Å². The van der Waals surface area contributed by atoms with Crippen LogP contribution in [0.15, 0.2) is 42.5 Å². The van der Waals surface area contributed by atoms with Crippen molar-refractivity contribution in [3.8, 4) is 5.75 Å². The van der Waals surface area contributed by atoms with E-state index in [1.807, 2.05) is 19.1 Å². The first-order chi connectivity index (χ1) is 11.7. The van der Waals surface area contributed by atoms with Crippen LogP contribution in [0, 0.1) is 20.8 Å². The number of rotatable bonds is 6. The van der Waals surface area contributed by atoms with Gasteiger partial charge < -0.3 is 9.29 Å². The van der Waals surface area contributed by atoms with E-state index in [9.17, 15) is 13.2 Å². The molecule has 25 heavy (non-hydrogen) atoms. The fourth-order valence-corrected chi connectivity index (χ4v) is 3.39. The number of carbonyl (C=O) groups is 1. The molecule has 6 nitrogen and oxygen atoms in total. The number of benzene rings is 2. The molecule has 132 valence electrons. The van der Waals surface area contributed by atoms with E-state index >= 15 is 0 Å². The molecule has 0 aliphatic carbocycles. The molecule has 0 bridgehead atoms. The van der Waals surface area contributed by atoms with Gasteiger partial charge in [0.25, 0.3) is 0 Å². The summed E-state index contributed by atoms with van der Waals surface area (Å²) in [7, 11) is -4.08. The summed E-state index contributed by atoms with van der Waals surface area (Å²) >= 11 is 0. The quantitative estimate of drug-likeness (QED) is 0.769. The van der Waals surface area contributed by atoms with E-state index in [1.54, 1.807) is 32.0 Å². The van der Waals surface area contributed by atoms with Crippen LogP contribution in [-0.4, -0.2) is 19.5 Å². The van der Waals surface area contributed by atoms with Crippen LogP contribution in [0.2, 0.25) is 0 Å². The number of anilines is 1. The molecule has 2 aromatic carbocycles. The summed E-state index contributed by atoms with van der Waals surface area (Å²) in [6.45, 7) is 5.48. The Kier molecular flexibility index (Phi) is 5.48. The Labute approximate surface area is 147 Å². The zero-order valence-electron chi connectivity index (χ0n) is 14.1. The predicted molar refractivity (Wildman–Crippen MR) is 96.9 cm³/mol. The highest BCUT2D eigenvalue weighted by molar-refractivity contribution is 7.88. The van der Waals surface area contributed by atoms with E-state index in [2.05, 4.69) is 4.72 Å². The molecule has 2 N–H and O–H groups in total. The second kappa shape index (κ2) is 7.40. The maximum absolute atomic E-state index is 12.3. The standard InChI is InChI=1S/C18H19NO5S/c1-12-9-13(2)18(14(3)10-12)24-25(22,23)19-16-6-4-5-15(11-16)7-8-17(20)21/h4-11,19H,1-3H3,(H,20,21). The number of aryl methyl sites for hydroxylation is 3. The summed E-state index contributed by atoms with van der Waals surface area (Å²) in [5.41, 5.74) is 3.29. The lowest BCUT2D eigenvalue weighted by atomic mass is 10.1. The van der Waals surface area contributed by atoms with Crippen molar-refractivity contribution in [2.75, 3.05) is 4.72 Å². The van der Waals surface area contributed by atoms with Crippen LogP contribution in [0.5, 0.6) is 5.75 Å². The maximum atomic E-state index is 12.3. The molecular formula is C18H19NO5S. The normalized spacial score (nSPS) is 11.5. The van der Waals surface area contributed by atoms with Gasteiger partial charge in [-0.25, -0.2) is 4.79 Å². The lowest BCUT2D eigenvalue weighted by Gasteiger charge is -2.14. The molecule has 0 unspecified atom stereocenters. The summed E-state index contributed by atoms with van der Waals surface area (Å²) < 4.78 is 32.1. The van der Waals surface area contributed by atoms with Gasteiger partial charge in [0, 0.05) is 6.08 Å². The van der Waals surface area contributed by atoms with E-state index in [4.69, 9.17) is 9.29 Å². The molecule has 0 aliphatic heterocycles. The van der Waals surface area contributed by atoms with Crippen molar-refractivity contribution >= 4 is 28.0 Å². The smallest absolute Gasteiger partial charge is 0.407 e. The zero-order valence-corrected chi connectivity index (χ0v) is 14.9. The van der Waals surface area contributed by atoms with Crippen LogP contribution in [0.4, 0.5) is 5.69 Å². The van der Waals surface area contributed by atoms with Crippen molar-refractivity contribution in [2.45, 2.75) is 20.8 Å². The molecule has 0 saturated heterocycles. The van der Waals surface area contributed by atoms with E-state index < -0.39 is 16.3 Å². The topological polar surface area (TPSA) is 92.7 Å². The SMILES string of the molecule is Cc1cc(C)c(OS(=O)(=O)Nc2cccc(C=CC(=O)O)c2)c(C)c1. The van der Waals surface area contributed by atoms with E-state index in [-0.39, 0.29) is 5.69 Å². The first-order valence-corrected chi connectivity index (χ1v) is 8.88. The van der Waals surface area contributed by atoms with Crippen molar-refractivity contribution in [3.63, 3.8) is 0 Å². The minimum atomic E-state index is -4.08. The molecule has 0 amide bonds. The predicted octanol–water partition coefficient (Wildman–Crippen LogP) is 3.45. The van der Waals surface area contributed by atoms with Crippen LogP contribution in [0.25, 0.3) is 6.08 Å². The van der Waals surface area contributed by atoms with E-state index in [0.717, 1.165) is 22.8 Å². The van der Waals surface area contributed by atoms with Gasteiger partial charge in [-0.3, -0.25) is 4.72 Å². The summed E-state index contributed by atoms with van der Waals surface area (Å²) in [5.74, 6) is -0.792. The highest BCUT2D eigenvalue weighted by atomic mass is 32.2. The average Bonchev–Trinajstić information content (AvgIpc) is 2.49. The molecule has 0 aliphatic rings. The van der Waals surface area contributed by atoms with Gasteiger partial charge in [-0.1, -0.05) is 29.8 Å². The molecule has 0 aromatic heterocycles. The van der Waals surface area contributed by atoms with Crippen molar-refractivity contribution < 1.29 is 22.5 Å². The number of hydrogen-bond acceptors (Lipinski definition) is 4. The summed E-state index contributed by atoms with van der Waals surface area (Å²) in [6, 6.07) is 10.0. The third-order valence-corrected chi connectivity index (χ3v) is 4.22. The fraction of sp³-hybridized carbons (Fsp3) is 0.167. The Bertz CT molecular complexity index is 909. The van der Waals surface area contributed by atoms with Crippen molar-refractivity contribution in [2.24, 2.45) is 0 Å². The highest BCUT2D eigenvalue weighted by Gasteiger charge is 2.16. The number of carboxylic acids is 1. The Balaban J connectivity index is 2.22. The molecule has 0 atom stereocenters. The molecule has 0 radical (unpaired) electrons. The van der Waals surface area contributed by atoms with Gasteiger partial charge in [-0.05, 0) is 55.7 Å². The fourth-order valence-electron chi connectivity index (χ4n) is 2.45. The van der Waals surface area contributed by atoms with Crippen LogP contribution in [0.3, 0.4) is 0 Å². The zero-order chi connectivity index (χ0) is 18.6. The van der Waals surface area contributed by atoms with Crippen LogP contribution in [0.1, 0.15) is 22.3 Å². The molecule has 0 saturated carbocycles. The molecule has 2 rings (SSSR count). The third kappa shape index (κ3) is 5.36. The molecule has 0 spiro atoms. The minimum absolute atomic E-state index is 0.273. The molecule has 0 heterocycles. The largest absolute Gasteiger partial charge is 0.478 e. The lowest BCUT2D eigenvalue weighted by molar-refractivity contribution is -0.131. The van der Waals surface area contributed by atoms with Gasteiger partial charge in [0.1, 0.15) is 5.75 Å². The number of hydrogen-bond donors (Lipinski definition) is 2. The van der Waals surface area contributed by atoms with E-state index in [0.29, 0.717) is 11.3 Å². The molecular weight excluding hydrogens is 342 g/mol. The van der Waals surface area contributed by atoms with Crippen LogP contribution in [-0.2, 0) is 15.1 Å². The number of carboxylic acid groups (broad SMARTS) is 1. The first-order valence-electron chi connectivity index (χ1n) is 7.47. The summed E-state index contributed by atoms with van der Waals surface area (Å²) in [4.78, 5) is 10.6. The summed E-state index contributed by atoms with van der Waals surface area (Å²) in [5, 5.41) is 8.65. The van der Waals surface area contributed by atoms with Gasteiger partial charge >= 0.3 is 16.3 Å². The first kappa shape index (κ1) is 18.5. The Hall–Kier alpha value is -2.80. The minimum Gasteiger partial charge on any atom is -0.478 e. The number of aliphatic carboxylic acids is 1. The van der Waals surface area contributed by atoms with Crippen molar-refractivity contribution in [3.05, 3.63) is 64.7 Å². The second-order valence-electron chi connectivity index (χ2n) is 5.66. The van der Waals surface area contributed by atoms with Crippen molar-refractivity contribution in [1.82, 2.24) is 0 Å². The van der Waals surface area contributed by atoms with Crippen LogP contribution < -0.4 is 8.91 Å². The molecule has 7 heteroatoms. The monoisotopic (exact) mass is 361 g/mol. The maximum Gasteiger partial charge on any atom is 0.407 e. The van der Waals surface area contributed by atoms with Gasteiger partial charge in [-0.15, -0.1) is 0 Å². The third-order valence-electron chi connectivity index (χ3n) is 3.35. The lowest BCUT2D eigenvalue weighted by Crippen LogP contribution is -2.20. The van der Waals surface area contributed by atoms with Crippen LogP contribution >= 0.6 is 0 Å². The van der Waals surface area contributed by atoms with Gasteiger partial charge in [0.2, 0.25) is 0 Å². The van der Waals surface area contributed by atoms with E-state index in [1.165, 1.54) is 12.1 Å². The van der Waals surface area contributed by atoms with Gasteiger partial charge in [0.05, 0.1) is 5.69 Å². The highest BCUT2D eigenvalue weighted by Crippen LogP contribution is 2.26. The number of nitrogens with one attached hydrogen (secondary N) is 1. The Morgan fingerprint density at radius 2 is 1.76 bits per heavy atom. The average molecular weight is 361 g/mol. The summed E-state index contributed by atoms with van der Waals surface area (Å²) in [6.07, 6.45) is 2.35. The second-order valence-corrected chi connectivity index (χ2v) is 6.94. The molecule has 0 fully saturated rings. The molecule has 2 aromatic rings. The van der Waals surface area contributed by atoms with Gasteiger partial charge in [-0.2, -0.15) is 8.42 Å².